The number of hydrogen-bond acceptors (Lipinski definition) is 5. The Labute approximate surface area is 191 Å². The Kier molecular flexibility index (Phi) is 6.47. The molecule has 0 spiro atoms. The van der Waals surface area contributed by atoms with E-state index in [-0.39, 0.29) is 0 Å². The molecule has 4 rings (SSSR count). The van der Waals surface area contributed by atoms with Gasteiger partial charge in [0.05, 0.1) is 25.4 Å². The number of hydrogen-bond donors (Lipinski definition) is 0. The molecular weight excluding hydrogens is 428 g/mol. The molecule has 0 amide bonds. The molecule has 0 aromatic heterocycles. The third-order valence-corrected chi connectivity index (χ3v) is 5.32. The Balaban J connectivity index is 1.49. The SMILES string of the molecule is COc1ccc(C2=C/C(=C/c3ccc(OCc4ccccc4Cl)cc3)C(=O)O2)c(OC)c1. The van der Waals surface area contributed by atoms with Gasteiger partial charge in [-0.3, -0.25) is 0 Å². The number of methoxy groups -OCH3 is 2. The van der Waals surface area contributed by atoms with Crippen molar-refractivity contribution in [3.05, 3.63) is 100 Å². The van der Waals surface area contributed by atoms with E-state index >= 15 is 0 Å². The molecule has 0 atom stereocenters. The van der Waals surface area contributed by atoms with Gasteiger partial charge in [0.15, 0.2) is 0 Å². The maximum Gasteiger partial charge on any atom is 0.343 e. The smallest absolute Gasteiger partial charge is 0.343 e. The van der Waals surface area contributed by atoms with Crippen LogP contribution in [0.5, 0.6) is 17.2 Å². The van der Waals surface area contributed by atoms with Crippen LogP contribution in [0.4, 0.5) is 0 Å². The van der Waals surface area contributed by atoms with Crippen LogP contribution in [0.3, 0.4) is 0 Å². The van der Waals surface area contributed by atoms with E-state index in [2.05, 4.69) is 0 Å². The van der Waals surface area contributed by atoms with Crippen molar-refractivity contribution in [2.75, 3.05) is 14.2 Å². The van der Waals surface area contributed by atoms with Gasteiger partial charge in [0, 0.05) is 16.7 Å². The monoisotopic (exact) mass is 448 g/mol. The van der Waals surface area contributed by atoms with Gasteiger partial charge < -0.3 is 18.9 Å². The second-order valence-electron chi connectivity index (χ2n) is 7.01. The highest BCUT2D eigenvalue weighted by Crippen LogP contribution is 2.35. The molecule has 1 heterocycles. The predicted molar refractivity (Wildman–Crippen MR) is 124 cm³/mol. The van der Waals surface area contributed by atoms with E-state index in [9.17, 15) is 4.79 Å². The van der Waals surface area contributed by atoms with E-state index in [1.165, 1.54) is 0 Å². The molecule has 162 valence electrons. The summed E-state index contributed by atoms with van der Waals surface area (Å²) in [6.07, 6.45) is 3.47. The number of carbonyl (C=O) groups is 1. The Hall–Kier alpha value is -3.70. The van der Waals surface area contributed by atoms with E-state index in [1.807, 2.05) is 48.5 Å². The number of rotatable bonds is 7. The van der Waals surface area contributed by atoms with Crippen molar-refractivity contribution in [2.45, 2.75) is 6.61 Å². The van der Waals surface area contributed by atoms with Gasteiger partial charge in [-0.15, -0.1) is 0 Å². The number of halogens is 1. The van der Waals surface area contributed by atoms with Crippen molar-refractivity contribution < 1.29 is 23.7 Å². The van der Waals surface area contributed by atoms with E-state index in [0.29, 0.717) is 45.8 Å². The first-order valence-electron chi connectivity index (χ1n) is 9.91. The highest BCUT2D eigenvalue weighted by atomic mass is 35.5. The number of cyclic esters (lactones) is 1. The Morgan fingerprint density at radius 1 is 0.938 bits per heavy atom. The van der Waals surface area contributed by atoms with Gasteiger partial charge in [0.1, 0.15) is 29.6 Å². The average molecular weight is 449 g/mol. The number of benzene rings is 3. The molecule has 3 aromatic rings. The fourth-order valence-electron chi connectivity index (χ4n) is 3.24. The quantitative estimate of drug-likeness (QED) is 0.332. The molecule has 5 nitrogen and oxygen atoms in total. The van der Waals surface area contributed by atoms with E-state index in [4.69, 9.17) is 30.5 Å². The molecule has 0 saturated carbocycles. The summed E-state index contributed by atoms with van der Waals surface area (Å²) in [5.74, 6) is 1.94. The van der Waals surface area contributed by atoms with E-state index in [1.54, 1.807) is 44.6 Å². The molecule has 6 heteroatoms. The molecule has 1 aliphatic heterocycles. The van der Waals surface area contributed by atoms with Crippen LogP contribution in [-0.4, -0.2) is 20.2 Å². The first kappa shape index (κ1) is 21.5. The molecule has 3 aromatic carbocycles. The van der Waals surface area contributed by atoms with Crippen LogP contribution in [0.15, 0.2) is 78.4 Å². The van der Waals surface area contributed by atoms with Crippen molar-refractivity contribution in [1.29, 1.82) is 0 Å². The summed E-state index contributed by atoms with van der Waals surface area (Å²) in [4.78, 5) is 12.4. The van der Waals surface area contributed by atoms with Gasteiger partial charge in [-0.1, -0.05) is 41.9 Å². The van der Waals surface area contributed by atoms with Crippen LogP contribution in [0, 0.1) is 0 Å². The topological polar surface area (TPSA) is 54.0 Å². The molecule has 0 unspecified atom stereocenters. The fourth-order valence-corrected chi connectivity index (χ4v) is 3.43. The van der Waals surface area contributed by atoms with Gasteiger partial charge in [-0.25, -0.2) is 4.79 Å². The second kappa shape index (κ2) is 9.62. The standard InChI is InChI=1S/C26H21ClO5/c1-29-21-11-12-22(24(15-21)30-2)25-14-19(26(28)32-25)13-17-7-9-20(10-8-17)31-16-18-5-3-4-6-23(18)27/h3-15H,16H2,1-2H3/b19-13-. The third kappa shape index (κ3) is 4.79. The van der Waals surface area contributed by atoms with Crippen molar-refractivity contribution in [3.63, 3.8) is 0 Å². The zero-order chi connectivity index (χ0) is 22.5. The summed E-state index contributed by atoms with van der Waals surface area (Å²) < 4.78 is 21.9. The fraction of sp³-hybridized carbons (Fsp3) is 0.115. The summed E-state index contributed by atoms with van der Waals surface area (Å²) in [7, 11) is 3.14. The zero-order valence-corrected chi connectivity index (χ0v) is 18.4. The van der Waals surface area contributed by atoms with Gasteiger partial charge in [0.25, 0.3) is 0 Å². The second-order valence-corrected chi connectivity index (χ2v) is 7.42. The summed E-state index contributed by atoms with van der Waals surface area (Å²) in [6.45, 7) is 0.377. The molecular formula is C26H21ClO5. The van der Waals surface area contributed by atoms with Gasteiger partial charge in [0.2, 0.25) is 0 Å². The Bertz CT molecular complexity index is 1200. The maximum absolute atomic E-state index is 12.4. The lowest BCUT2D eigenvalue weighted by Crippen LogP contribution is -1.99. The molecule has 0 N–H and O–H groups in total. The lowest BCUT2D eigenvalue weighted by atomic mass is 10.1. The first-order chi connectivity index (χ1) is 15.6. The van der Waals surface area contributed by atoms with Crippen LogP contribution in [0.25, 0.3) is 11.8 Å². The molecule has 0 bridgehead atoms. The Morgan fingerprint density at radius 2 is 1.69 bits per heavy atom. The summed E-state index contributed by atoms with van der Waals surface area (Å²) in [5.41, 5.74) is 2.89. The van der Waals surface area contributed by atoms with Crippen molar-refractivity contribution in [2.24, 2.45) is 0 Å². The Morgan fingerprint density at radius 3 is 2.41 bits per heavy atom. The van der Waals surface area contributed by atoms with Crippen molar-refractivity contribution in [3.8, 4) is 17.2 Å². The van der Waals surface area contributed by atoms with Crippen LogP contribution in [0.2, 0.25) is 5.02 Å². The normalized spacial score (nSPS) is 14.2. The third-order valence-electron chi connectivity index (χ3n) is 4.95. The summed E-state index contributed by atoms with van der Waals surface area (Å²) >= 11 is 6.16. The van der Waals surface area contributed by atoms with Gasteiger partial charge in [-0.2, -0.15) is 0 Å². The number of carbonyl (C=O) groups excluding carboxylic acids is 1. The lowest BCUT2D eigenvalue weighted by molar-refractivity contribution is -0.130. The molecule has 0 fully saturated rings. The zero-order valence-electron chi connectivity index (χ0n) is 17.6. The van der Waals surface area contributed by atoms with Crippen LogP contribution in [0.1, 0.15) is 16.7 Å². The average Bonchev–Trinajstić information content (AvgIpc) is 3.18. The molecule has 32 heavy (non-hydrogen) atoms. The minimum atomic E-state index is -0.420. The van der Waals surface area contributed by atoms with E-state index in [0.717, 1.165) is 11.1 Å². The van der Waals surface area contributed by atoms with Crippen LogP contribution in [-0.2, 0) is 16.1 Å². The van der Waals surface area contributed by atoms with Crippen LogP contribution < -0.4 is 14.2 Å². The first-order valence-corrected chi connectivity index (χ1v) is 10.3. The molecule has 1 aliphatic rings. The van der Waals surface area contributed by atoms with Crippen LogP contribution >= 0.6 is 11.6 Å². The molecule has 0 saturated heterocycles. The maximum atomic E-state index is 12.4. The lowest BCUT2D eigenvalue weighted by Gasteiger charge is -2.10. The predicted octanol–water partition coefficient (Wildman–Crippen LogP) is 5.92. The highest BCUT2D eigenvalue weighted by Gasteiger charge is 2.24. The van der Waals surface area contributed by atoms with Crippen molar-refractivity contribution in [1.82, 2.24) is 0 Å². The molecule has 0 radical (unpaired) electrons. The number of ether oxygens (including phenoxy) is 4. The van der Waals surface area contributed by atoms with Crippen molar-refractivity contribution >= 4 is 29.4 Å². The highest BCUT2D eigenvalue weighted by molar-refractivity contribution is 6.31. The van der Waals surface area contributed by atoms with E-state index < -0.39 is 5.97 Å². The molecule has 0 aliphatic carbocycles. The summed E-state index contributed by atoms with van der Waals surface area (Å²) in [6, 6.07) is 20.3. The minimum absolute atomic E-state index is 0.377. The summed E-state index contributed by atoms with van der Waals surface area (Å²) in [5, 5.41) is 0.671. The number of esters is 1. The largest absolute Gasteiger partial charge is 0.497 e. The van der Waals surface area contributed by atoms with Gasteiger partial charge >= 0.3 is 5.97 Å². The van der Waals surface area contributed by atoms with Gasteiger partial charge in [-0.05, 0) is 48.0 Å². The minimum Gasteiger partial charge on any atom is -0.497 e.